The third-order valence-electron chi connectivity index (χ3n) is 4.98. The summed E-state index contributed by atoms with van der Waals surface area (Å²) in [7, 11) is 1.39. The number of carbonyl (C=O) groups excluding carboxylic acids is 1. The molecule has 0 spiro atoms. The van der Waals surface area contributed by atoms with Crippen molar-refractivity contribution >= 4 is 16.7 Å². The molecule has 4 heteroatoms. The minimum atomic E-state index is -0.441. The van der Waals surface area contributed by atoms with Crippen molar-refractivity contribution < 1.29 is 9.53 Å². The van der Waals surface area contributed by atoms with E-state index in [0.29, 0.717) is 5.69 Å². The van der Waals surface area contributed by atoms with Gasteiger partial charge in [-0.05, 0) is 22.6 Å². The Morgan fingerprint density at radius 1 is 0.929 bits per heavy atom. The van der Waals surface area contributed by atoms with Gasteiger partial charge < -0.3 is 4.74 Å². The first-order chi connectivity index (χ1) is 13.7. The quantitative estimate of drug-likeness (QED) is 0.463. The maximum Gasteiger partial charge on any atom is 0.357 e. The van der Waals surface area contributed by atoms with E-state index >= 15 is 0 Å². The second kappa shape index (κ2) is 7.61. The van der Waals surface area contributed by atoms with Gasteiger partial charge in [0, 0.05) is 29.3 Å². The van der Waals surface area contributed by atoms with Gasteiger partial charge in [0.2, 0.25) is 0 Å². The van der Waals surface area contributed by atoms with Crippen LogP contribution in [-0.2, 0) is 4.74 Å². The molecule has 2 aromatic carbocycles. The minimum Gasteiger partial charge on any atom is -0.464 e. The Morgan fingerprint density at radius 2 is 1.64 bits per heavy atom. The summed E-state index contributed by atoms with van der Waals surface area (Å²) in [5, 5.41) is 2.00. The fraction of sp³-hybridized carbons (Fsp3) is 0.125. The Balaban J connectivity index is 2.05. The molecule has 4 rings (SSSR count). The molecule has 0 radical (unpaired) electrons. The van der Waals surface area contributed by atoms with E-state index in [-0.39, 0.29) is 5.92 Å². The highest BCUT2D eigenvalue weighted by atomic mass is 16.5. The summed E-state index contributed by atoms with van der Waals surface area (Å²) in [4.78, 5) is 21.7. The van der Waals surface area contributed by atoms with Gasteiger partial charge in [-0.2, -0.15) is 0 Å². The van der Waals surface area contributed by atoms with Crippen LogP contribution in [0.1, 0.15) is 34.6 Å². The van der Waals surface area contributed by atoms with Gasteiger partial charge in [0.25, 0.3) is 0 Å². The molecule has 28 heavy (non-hydrogen) atoms. The number of rotatable bonds is 4. The predicted molar refractivity (Wildman–Crippen MR) is 110 cm³/mol. The van der Waals surface area contributed by atoms with Gasteiger partial charge >= 0.3 is 5.97 Å². The van der Waals surface area contributed by atoms with Crippen LogP contribution in [0.3, 0.4) is 0 Å². The Labute approximate surface area is 163 Å². The van der Waals surface area contributed by atoms with Crippen molar-refractivity contribution in [3.63, 3.8) is 0 Å². The molecule has 0 bridgehead atoms. The molecule has 0 saturated heterocycles. The van der Waals surface area contributed by atoms with Gasteiger partial charge in [0.05, 0.1) is 12.8 Å². The summed E-state index contributed by atoms with van der Waals surface area (Å²) in [6.07, 6.45) is 3.59. The fourth-order valence-electron chi connectivity index (χ4n) is 3.55. The first-order valence-electron chi connectivity index (χ1n) is 9.17. The van der Waals surface area contributed by atoms with Crippen molar-refractivity contribution in [2.45, 2.75) is 12.8 Å². The summed E-state index contributed by atoms with van der Waals surface area (Å²) in [5.41, 5.74) is 3.95. The van der Waals surface area contributed by atoms with Crippen LogP contribution in [0, 0.1) is 0 Å². The second-order valence-corrected chi connectivity index (χ2v) is 6.63. The summed E-state index contributed by atoms with van der Waals surface area (Å²) in [6, 6.07) is 21.8. The topological polar surface area (TPSA) is 52.1 Å². The first-order valence-corrected chi connectivity index (χ1v) is 9.17. The molecule has 0 aliphatic carbocycles. The third kappa shape index (κ3) is 3.14. The number of esters is 1. The molecule has 0 fully saturated rings. The fourth-order valence-corrected chi connectivity index (χ4v) is 3.55. The van der Waals surface area contributed by atoms with Crippen LogP contribution in [0.5, 0.6) is 0 Å². The first kappa shape index (κ1) is 17.9. The molecule has 0 aliphatic rings. The van der Waals surface area contributed by atoms with Crippen LogP contribution >= 0.6 is 0 Å². The zero-order valence-corrected chi connectivity index (χ0v) is 15.8. The zero-order valence-electron chi connectivity index (χ0n) is 15.8. The Morgan fingerprint density at radius 3 is 2.32 bits per heavy atom. The number of hydrogen-bond donors (Lipinski definition) is 0. The Kier molecular flexibility index (Phi) is 4.85. The highest BCUT2D eigenvalue weighted by Gasteiger charge is 2.23. The molecule has 0 amide bonds. The van der Waals surface area contributed by atoms with E-state index in [4.69, 9.17) is 9.72 Å². The number of hydrogen-bond acceptors (Lipinski definition) is 4. The van der Waals surface area contributed by atoms with Gasteiger partial charge in [-0.15, -0.1) is 0 Å². The highest BCUT2D eigenvalue weighted by Crippen LogP contribution is 2.36. The lowest BCUT2D eigenvalue weighted by atomic mass is 9.90. The molecule has 2 aromatic heterocycles. The Bertz CT molecular complexity index is 1130. The van der Waals surface area contributed by atoms with Crippen LogP contribution in [0.25, 0.3) is 21.9 Å². The number of methoxy groups -OCH3 is 1. The lowest BCUT2D eigenvalue weighted by Crippen LogP contribution is -2.11. The molecule has 0 N–H and O–H groups in total. The molecule has 4 aromatic rings. The number of aromatic nitrogens is 2. The highest BCUT2D eigenvalue weighted by molar-refractivity contribution is 6.07. The summed E-state index contributed by atoms with van der Waals surface area (Å²) in [6.45, 7) is 2.08. The van der Waals surface area contributed by atoms with Crippen molar-refractivity contribution in [2.24, 2.45) is 0 Å². The van der Waals surface area contributed by atoms with Crippen molar-refractivity contribution in [1.82, 2.24) is 9.97 Å². The molecule has 0 aliphatic heterocycles. The van der Waals surface area contributed by atoms with Crippen LogP contribution in [0.4, 0.5) is 0 Å². The van der Waals surface area contributed by atoms with Gasteiger partial charge in [-0.25, -0.2) is 9.78 Å². The molecule has 2 heterocycles. The lowest BCUT2D eigenvalue weighted by Gasteiger charge is -2.19. The summed E-state index contributed by atoms with van der Waals surface area (Å²) < 4.78 is 5.07. The second-order valence-electron chi connectivity index (χ2n) is 6.63. The molecule has 4 nitrogen and oxygen atoms in total. The largest absolute Gasteiger partial charge is 0.464 e. The predicted octanol–water partition coefficient (Wildman–Crippen LogP) is 5.24. The molecule has 138 valence electrons. The summed E-state index contributed by atoms with van der Waals surface area (Å²) >= 11 is 0. The number of pyridine rings is 2. The average molecular weight is 368 g/mol. The molecule has 0 saturated carbocycles. The van der Waals surface area contributed by atoms with E-state index in [0.717, 1.165) is 33.2 Å². The molecule has 0 unspecified atom stereocenters. The van der Waals surface area contributed by atoms with E-state index in [2.05, 4.69) is 18.0 Å². The van der Waals surface area contributed by atoms with Crippen molar-refractivity contribution in [3.05, 3.63) is 96.1 Å². The molecular formula is C24H20N2O2. The van der Waals surface area contributed by atoms with Crippen LogP contribution in [-0.4, -0.2) is 23.0 Å². The van der Waals surface area contributed by atoms with Gasteiger partial charge in [-0.3, -0.25) is 4.98 Å². The number of nitrogens with zero attached hydrogens (tertiary/aromatic N) is 2. The monoisotopic (exact) mass is 368 g/mol. The normalized spacial score (nSPS) is 11.9. The summed E-state index contributed by atoms with van der Waals surface area (Å²) in [5.74, 6) is -0.462. The number of fused-ring (bicyclic) bond motifs is 1. The zero-order chi connectivity index (χ0) is 19.5. The maximum atomic E-state index is 12.7. The minimum absolute atomic E-state index is 0.0215. The SMILES string of the molecule is COC(=O)c1nc([C@@H](C)c2cccnc2)c2ccccc2c1-c1ccccc1. The van der Waals surface area contributed by atoms with E-state index < -0.39 is 5.97 Å². The molecular weight excluding hydrogens is 348 g/mol. The maximum absolute atomic E-state index is 12.7. The number of benzene rings is 2. The van der Waals surface area contributed by atoms with E-state index in [1.54, 1.807) is 6.20 Å². The van der Waals surface area contributed by atoms with Crippen molar-refractivity contribution in [2.75, 3.05) is 7.11 Å². The number of carbonyl (C=O) groups is 1. The van der Waals surface area contributed by atoms with Gasteiger partial charge in [0.15, 0.2) is 5.69 Å². The average Bonchev–Trinajstić information content (AvgIpc) is 2.78. The van der Waals surface area contributed by atoms with Crippen LogP contribution in [0.15, 0.2) is 79.1 Å². The van der Waals surface area contributed by atoms with E-state index in [1.165, 1.54) is 7.11 Å². The van der Waals surface area contributed by atoms with Gasteiger partial charge in [0.1, 0.15) is 0 Å². The van der Waals surface area contributed by atoms with E-state index in [1.807, 2.05) is 66.9 Å². The number of ether oxygens (including phenoxy) is 1. The van der Waals surface area contributed by atoms with Crippen molar-refractivity contribution in [3.8, 4) is 11.1 Å². The van der Waals surface area contributed by atoms with Crippen LogP contribution < -0.4 is 0 Å². The molecule has 1 atom stereocenters. The smallest absolute Gasteiger partial charge is 0.357 e. The third-order valence-corrected chi connectivity index (χ3v) is 4.98. The van der Waals surface area contributed by atoms with E-state index in [9.17, 15) is 4.79 Å². The lowest BCUT2D eigenvalue weighted by molar-refractivity contribution is 0.0595. The van der Waals surface area contributed by atoms with Crippen LogP contribution in [0.2, 0.25) is 0 Å². The van der Waals surface area contributed by atoms with Crippen molar-refractivity contribution in [1.29, 1.82) is 0 Å². The standard InChI is InChI=1S/C24H20N2O2/c1-16(18-11-8-14-25-15-18)22-20-13-7-6-12-19(20)21(17-9-4-3-5-10-17)23(26-22)24(27)28-2/h3-16H,1-2H3/t16-/m0/s1. The van der Waals surface area contributed by atoms with Gasteiger partial charge in [-0.1, -0.05) is 67.6 Å². The Hall–Kier alpha value is -3.53.